The van der Waals surface area contributed by atoms with Gasteiger partial charge in [0, 0.05) is 24.5 Å². The Labute approximate surface area is 157 Å². The van der Waals surface area contributed by atoms with Gasteiger partial charge < -0.3 is 5.32 Å². The third-order valence-corrected chi connectivity index (χ3v) is 4.93. The summed E-state index contributed by atoms with van der Waals surface area (Å²) >= 11 is 1.37. The first kappa shape index (κ1) is 18.3. The van der Waals surface area contributed by atoms with Gasteiger partial charge in [0.15, 0.2) is 5.82 Å². The Morgan fingerprint density at radius 2 is 1.85 bits per heavy atom. The molecule has 6 nitrogen and oxygen atoms in total. The highest BCUT2D eigenvalue weighted by Crippen LogP contribution is 2.20. The van der Waals surface area contributed by atoms with Crippen molar-refractivity contribution in [1.82, 2.24) is 19.5 Å². The van der Waals surface area contributed by atoms with Crippen molar-refractivity contribution in [2.75, 3.05) is 11.1 Å². The summed E-state index contributed by atoms with van der Waals surface area (Å²) < 4.78 is 3.85. The van der Waals surface area contributed by atoms with E-state index in [0.717, 1.165) is 17.9 Å². The van der Waals surface area contributed by atoms with Gasteiger partial charge in [-0.2, -0.15) is 0 Å². The predicted molar refractivity (Wildman–Crippen MR) is 105 cm³/mol. The first-order valence-corrected chi connectivity index (χ1v) is 9.67. The fourth-order valence-electron chi connectivity index (χ4n) is 2.58. The van der Waals surface area contributed by atoms with Crippen LogP contribution in [0.5, 0.6) is 0 Å². The molecule has 2 aromatic heterocycles. The van der Waals surface area contributed by atoms with E-state index >= 15 is 0 Å². The van der Waals surface area contributed by atoms with Crippen molar-refractivity contribution in [1.29, 1.82) is 0 Å². The quantitative estimate of drug-likeness (QED) is 0.643. The molecule has 0 saturated carbocycles. The largest absolute Gasteiger partial charge is 0.325 e. The second kappa shape index (κ2) is 8.23. The van der Waals surface area contributed by atoms with E-state index in [4.69, 9.17) is 0 Å². The lowest BCUT2D eigenvalue weighted by atomic mass is 10.0. The third kappa shape index (κ3) is 4.16. The topological polar surface area (TPSA) is 64.7 Å². The van der Waals surface area contributed by atoms with E-state index in [-0.39, 0.29) is 11.7 Å². The SMILES string of the molecule is CCc1nnc(SCC(=O)Nc2ccc(C(C)C)cc2)n1-n1cccc1. The van der Waals surface area contributed by atoms with Gasteiger partial charge in [-0.3, -0.25) is 9.47 Å². The molecule has 0 spiro atoms. The number of hydrogen-bond donors (Lipinski definition) is 1. The number of aromatic nitrogens is 4. The molecule has 136 valence electrons. The van der Waals surface area contributed by atoms with Gasteiger partial charge in [-0.15, -0.1) is 10.2 Å². The molecule has 3 aromatic rings. The van der Waals surface area contributed by atoms with Crippen LogP contribution < -0.4 is 5.32 Å². The van der Waals surface area contributed by atoms with Crippen molar-refractivity contribution in [3.63, 3.8) is 0 Å². The van der Waals surface area contributed by atoms with Crippen molar-refractivity contribution < 1.29 is 4.79 Å². The number of benzene rings is 1. The van der Waals surface area contributed by atoms with Crippen LogP contribution in [0, 0.1) is 0 Å². The second-order valence-electron chi connectivity index (χ2n) is 6.24. The van der Waals surface area contributed by atoms with E-state index in [2.05, 4.69) is 29.4 Å². The zero-order valence-electron chi connectivity index (χ0n) is 15.2. The Morgan fingerprint density at radius 1 is 1.15 bits per heavy atom. The molecule has 0 atom stereocenters. The minimum atomic E-state index is -0.0626. The van der Waals surface area contributed by atoms with Crippen molar-refractivity contribution in [3.05, 3.63) is 60.2 Å². The molecule has 0 fully saturated rings. The Balaban J connectivity index is 1.64. The van der Waals surface area contributed by atoms with Gasteiger partial charge in [-0.05, 0) is 35.7 Å². The van der Waals surface area contributed by atoms with Crippen LogP contribution in [0.15, 0.2) is 53.9 Å². The maximum Gasteiger partial charge on any atom is 0.234 e. The summed E-state index contributed by atoms with van der Waals surface area (Å²) in [6, 6.07) is 11.9. The lowest BCUT2D eigenvalue weighted by Crippen LogP contribution is -2.16. The molecule has 0 bridgehead atoms. The summed E-state index contributed by atoms with van der Waals surface area (Å²) in [7, 11) is 0. The lowest BCUT2D eigenvalue weighted by molar-refractivity contribution is -0.113. The molecular weight excluding hydrogens is 346 g/mol. The minimum Gasteiger partial charge on any atom is -0.325 e. The number of rotatable bonds is 7. The molecule has 3 rings (SSSR count). The summed E-state index contributed by atoms with van der Waals surface area (Å²) in [6.45, 7) is 6.33. The number of amides is 1. The molecule has 7 heteroatoms. The van der Waals surface area contributed by atoms with Crippen molar-refractivity contribution in [2.24, 2.45) is 0 Å². The smallest absolute Gasteiger partial charge is 0.234 e. The van der Waals surface area contributed by atoms with E-state index in [1.807, 2.05) is 65.1 Å². The Bertz CT molecular complexity index is 853. The Hall–Kier alpha value is -2.54. The highest BCUT2D eigenvalue weighted by atomic mass is 32.2. The molecule has 2 heterocycles. The minimum absolute atomic E-state index is 0.0626. The number of nitrogens with one attached hydrogen (secondary N) is 1. The molecule has 0 aliphatic rings. The molecule has 0 saturated heterocycles. The standard InChI is InChI=1S/C19H23N5OS/c1-4-17-21-22-19(24(17)23-11-5-6-12-23)26-13-18(25)20-16-9-7-15(8-10-16)14(2)3/h5-12,14H,4,13H2,1-3H3,(H,20,25). The summed E-state index contributed by atoms with van der Waals surface area (Å²) in [4.78, 5) is 12.3. The summed E-state index contributed by atoms with van der Waals surface area (Å²) in [6.07, 6.45) is 4.63. The van der Waals surface area contributed by atoms with Gasteiger partial charge in [0.25, 0.3) is 0 Å². The average Bonchev–Trinajstić information content (AvgIpc) is 3.29. The van der Waals surface area contributed by atoms with Crippen LogP contribution in [0.3, 0.4) is 0 Å². The van der Waals surface area contributed by atoms with Gasteiger partial charge >= 0.3 is 0 Å². The van der Waals surface area contributed by atoms with Gasteiger partial charge in [-0.1, -0.05) is 44.7 Å². The summed E-state index contributed by atoms with van der Waals surface area (Å²) in [5, 5.41) is 12.1. The zero-order chi connectivity index (χ0) is 18.5. The molecule has 1 aromatic carbocycles. The number of carbonyl (C=O) groups excluding carboxylic acids is 1. The predicted octanol–water partition coefficient (Wildman–Crippen LogP) is 3.81. The number of thioether (sulfide) groups is 1. The Morgan fingerprint density at radius 3 is 2.46 bits per heavy atom. The molecule has 0 aliphatic heterocycles. The maximum atomic E-state index is 12.3. The normalized spacial score (nSPS) is 11.1. The molecular formula is C19H23N5OS. The number of nitrogens with zero attached hydrogens (tertiary/aromatic N) is 4. The fraction of sp³-hybridized carbons (Fsp3) is 0.316. The van der Waals surface area contributed by atoms with Crippen LogP contribution in [0.2, 0.25) is 0 Å². The first-order valence-electron chi connectivity index (χ1n) is 8.69. The average molecular weight is 369 g/mol. The number of anilines is 1. The maximum absolute atomic E-state index is 12.3. The van der Waals surface area contributed by atoms with Gasteiger partial charge in [0.1, 0.15) is 0 Å². The van der Waals surface area contributed by atoms with Crippen molar-refractivity contribution in [2.45, 2.75) is 38.3 Å². The van der Waals surface area contributed by atoms with Crippen LogP contribution in [0.4, 0.5) is 5.69 Å². The van der Waals surface area contributed by atoms with Gasteiger partial charge in [0.05, 0.1) is 5.75 Å². The van der Waals surface area contributed by atoms with E-state index < -0.39 is 0 Å². The van der Waals surface area contributed by atoms with Gasteiger partial charge in [-0.25, -0.2) is 4.68 Å². The van der Waals surface area contributed by atoms with E-state index in [1.54, 1.807) is 0 Å². The summed E-state index contributed by atoms with van der Waals surface area (Å²) in [5.74, 6) is 1.54. The van der Waals surface area contributed by atoms with Gasteiger partial charge in [0.2, 0.25) is 11.1 Å². The van der Waals surface area contributed by atoms with E-state index in [1.165, 1.54) is 17.3 Å². The number of aryl methyl sites for hydroxylation is 1. The second-order valence-corrected chi connectivity index (χ2v) is 7.18. The monoisotopic (exact) mass is 369 g/mol. The fourth-order valence-corrected chi connectivity index (χ4v) is 3.33. The van der Waals surface area contributed by atoms with Crippen LogP contribution in [-0.2, 0) is 11.2 Å². The molecule has 26 heavy (non-hydrogen) atoms. The van der Waals surface area contributed by atoms with E-state index in [0.29, 0.717) is 11.1 Å². The lowest BCUT2D eigenvalue weighted by Gasteiger charge is -2.10. The van der Waals surface area contributed by atoms with Crippen LogP contribution in [0.25, 0.3) is 0 Å². The van der Waals surface area contributed by atoms with E-state index in [9.17, 15) is 4.79 Å². The van der Waals surface area contributed by atoms with Crippen LogP contribution in [0.1, 0.15) is 38.1 Å². The Kier molecular flexibility index (Phi) is 5.78. The molecule has 1 amide bonds. The van der Waals surface area contributed by atoms with Crippen molar-refractivity contribution >= 4 is 23.4 Å². The number of carbonyl (C=O) groups is 1. The highest BCUT2D eigenvalue weighted by Gasteiger charge is 2.14. The molecule has 0 unspecified atom stereocenters. The molecule has 0 radical (unpaired) electrons. The highest BCUT2D eigenvalue weighted by molar-refractivity contribution is 7.99. The molecule has 0 aliphatic carbocycles. The summed E-state index contributed by atoms with van der Waals surface area (Å²) in [5.41, 5.74) is 2.06. The molecule has 1 N–H and O–H groups in total. The number of hydrogen-bond acceptors (Lipinski definition) is 4. The zero-order valence-corrected chi connectivity index (χ0v) is 16.0. The van der Waals surface area contributed by atoms with Crippen molar-refractivity contribution in [3.8, 4) is 0 Å². The first-order chi connectivity index (χ1) is 12.6. The van der Waals surface area contributed by atoms with Crippen LogP contribution in [-0.4, -0.2) is 31.2 Å². The third-order valence-electron chi connectivity index (χ3n) is 4.01. The van der Waals surface area contributed by atoms with Crippen LogP contribution >= 0.6 is 11.8 Å².